The van der Waals surface area contributed by atoms with E-state index in [9.17, 15) is 22.0 Å². The van der Waals surface area contributed by atoms with Crippen LogP contribution in [-0.2, 0) is 10.0 Å². The molecule has 4 heterocycles. The van der Waals surface area contributed by atoms with Crippen molar-refractivity contribution in [3.05, 3.63) is 53.3 Å². The van der Waals surface area contributed by atoms with Gasteiger partial charge in [-0.3, -0.25) is 4.79 Å². The van der Waals surface area contributed by atoms with Gasteiger partial charge in [0.25, 0.3) is 21.9 Å². The number of ether oxygens (including phenoxy) is 1. The van der Waals surface area contributed by atoms with Crippen molar-refractivity contribution in [3.63, 3.8) is 0 Å². The minimum atomic E-state index is -4.48. The first-order valence-electron chi connectivity index (χ1n) is 16.0. The minimum absolute atomic E-state index is 0. The summed E-state index contributed by atoms with van der Waals surface area (Å²) < 4.78 is 64.7. The van der Waals surface area contributed by atoms with Crippen LogP contribution in [0.1, 0.15) is 69.2 Å². The third-order valence-corrected chi connectivity index (χ3v) is 11.9. The van der Waals surface area contributed by atoms with Crippen LogP contribution in [0.2, 0.25) is 5.15 Å². The van der Waals surface area contributed by atoms with E-state index in [2.05, 4.69) is 25.7 Å². The second-order valence-electron chi connectivity index (χ2n) is 14.2. The van der Waals surface area contributed by atoms with Crippen molar-refractivity contribution in [2.75, 3.05) is 25.0 Å². The largest absolute Gasteiger partial charge is 0.477 e. The van der Waals surface area contributed by atoms with E-state index in [-0.39, 0.29) is 59.2 Å². The van der Waals surface area contributed by atoms with Crippen LogP contribution in [0.25, 0.3) is 5.82 Å². The number of pyridine rings is 2. The van der Waals surface area contributed by atoms with Gasteiger partial charge in [0.15, 0.2) is 10.8 Å². The van der Waals surface area contributed by atoms with E-state index in [0.717, 1.165) is 18.4 Å². The van der Waals surface area contributed by atoms with Gasteiger partial charge in [-0.25, -0.2) is 28.2 Å². The number of sulfonamides is 1. The summed E-state index contributed by atoms with van der Waals surface area (Å²) in [7, 11) is -4.48. The van der Waals surface area contributed by atoms with Crippen molar-refractivity contribution < 1.29 is 26.7 Å². The van der Waals surface area contributed by atoms with E-state index in [1.165, 1.54) is 54.6 Å². The molecule has 3 aromatic heterocycles. The molecule has 11 nitrogen and oxygen atoms in total. The quantitative estimate of drug-likeness (QED) is 0.177. The van der Waals surface area contributed by atoms with E-state index in [1.54, 1.807) is 12.3 Å². The highest BCUT2D eigenvalue weighted by Gasteiger charge is 2.85. The first-order valence-corrected chi connectivity index (χ1v) is 17.8. The number of aromatic nitrogens is 4. The zero-order chi connectivity index (χ0) is 33.2. The first-order chi connectivity index (χ1) is 22.2. The Labute approximate surface area is 301 Å². The van der Waals surface area contributed by atoms with Crippen LogP contribution in [0.4, 0.5) is 14.6 Å². The summed E-state index contributed by atoms with van der Waals surface area (Å²) in [5.41, 5.74) is 0.894. The molecule has 1 saturated heterocycles. The molecular formula is C32H40Cl3F2N7O4S. The summed E-state index contributed by atoms with van der Waals surface area (Å²) in [5, 5.41) is 9.41. The normalized spacial score (nSPS) is 21.0. The Hall–Kier alpha value is -2.78. The molecule has 7 rings (SSSR count). The molecule has 17 heteroatoms. The lowest BCUT2D eigenvalue weighted by atomic mass is 9.92. The molecule has 1 aliphatic heterocycles. The number of amides is 1. The van der Waals surface area contributed by atoms with Gasteiger partial charge < -0.3 is 15.4 Å². The highest BCUT2D eigenvalue weighted by atomic mass is 35.5. The zero-order valence-corrected chi connectivity index (χ0v) is 30.3. The Morgan fingerprint density at radius 2 is 1.82 bits per heavy atom. The van der Waals surface area contributed by atoms with Gasteiger partial charge in [-0.2, -0.15) is 8.42 Å². The van der Waals surface area contributed by atoms with Gasteiger partial charge in [-0.15, -0.1) is 29.9 Å². The number of hydrogen-bond acceptors (Lipinski definition) is 9. The van der Waals surface area contributed by atoms with Gasteiger partial charge in [-0.1, -0.05) is 17.7 Å². The maximum absolute atomic E-state index is 14.7. The molecule has 268 valence electrons. The van der Waals surface area contributed by atoms with Crippen LogP contribution in [0, 0.1) is 22.7 Å². The molecule has 49 heavy (non-hydrogen) atoms. The van der Waals surface area contributed by atoms with Crippen LogP contribution in [0.3, 0.4) is 0 Å². The van der Waals surface area contributed by atoms with E-state index in [4.69, 9.17) is 16.3 Å². The molecule has 2 spiro atoms. The zero-order valence-electron chi connectivity index (χ0n) is 27.0. The molecule has 1 amide bonds. The van der Waals surface area contributed by atoms with Gasteiger partial charge in [-0.05, 0) is 106 Å². The highest BCUT2D eigenvalue weighted by molar-refractivity contribution is 7.90. The van der Waals surface area contributed by atoms with Crippen molar-refractivity contribution in [3.8, 4) is 11.7 Å². The molecule has 0 bridgehead atoms. The summed E-state index contributed by atoms with van der Waals surface area (Å²) in [4.78, 5) is 21.1. The van der Waals surface area contributed by atoms with Gasteiger partial charge in [0, 0.05) is 24.2 Å². The van der Waals surface area contributed by atoms with Crippen LogP contribution < -0.4 is 20.1 Å². The Morgan fingerprint density at radius 1 is 1.10 bits per heavy atom. The number of hydrogen-bond donors (Lipinski definition) is 3. The summed E-state index contributed by atoms with van der Waals surface area (Å²) in [6, 6.07) is 8.42. The predicted molar refractivity (Wildman–Crippen MR) is 185 cm³/mol. The molecular weight excluding hydrogens is 723 g/mol. The number of rotatable bonds is 13. The SMILES string of the molecule is CC1(C)CC(CC(F)(F)CNc2cccc(S(=O)(=O)NC(=O)c3ccc(-n4ccc(OCCC5C6(CC6)C56CC6)n4)nc3Cl)n2)CN1.Cl.Cl. The van der Waals surface area contributed by atoms with Crippen LogP contribution in [0.15, 0.2) is 47.6 Å². The molecule has 4 aliphatic rings. The molecule has 4 fully saturated rings. The third-order valence-electron chi connectivity index (χ3n) is 10.4. The molecule has 1 atom stereocenters. The maximum Gasteiger partial charge on any atom is 0.281 e. The Bertz CT molecular complexity index is 1800. The summed E-state index contributed by atoms with van der Waals surface area (Å²) in [6.45, 7) is 4.35. The number of nitrogens with zero attached hydrogens (tertiary/aromatic N) is 4. The molecule has 0 aromatic carbocycles. The fraction of sp³-hybridized carbons (Fsp3) is 0.562. The summed E-state index contributed by atoms with van der Waals surface area (Å²) in [5.74, 6) is -2.76. The fourth-order valence-corrected chi connectivity index (χ4v) is 9.08. The first kappa shape index (κ1) is 37.5. The van der Waals surface area contributed by atoms with Crippen molar-refractivity contribution in [2.24, 2.45) is 22.7 Å². The minimum Gasteiger partial charge on any atom is -0.477 e. The molecule has 3 aliphatic carbocycles. The van der Waals surface area contributed by atoms with Crippen molar-refractivity contribution >= 4 is 58.2 Å². The number of carbonyl (C=O) groups excluding carboxylic acids is 1. The van der Waals surface area contributed by atoms with Crippen molar-refractivity contribution in [2.45, 2.75) is 75.3 Å². The number of fused-ring (bicyclic) bond motifs is 1. The number of alkyl halides is 2. The molecule has 3 aromatic rings. The number of halogens is 5. The van der Waals surface area contributed by atoms with Crippen LogP contribution in [-0.4, -0.2) is 65.2 Å². The lowest BCUT2D eigenvalue weighted by Gasteiger charge is -2.22. The third kappa shape index (κ3) is 7.63. The lowest BCUT2D eigenvalue weighted by molar-refractivity contribution is -0.00781. The Kier molecular flexibility index (Phi) is 10.3. The Morgan fingerprint density at radius 3 is 2.45 bits per heavy atom. The monoisotopic (exact) mass is 761 g/mol. The topological polar surface area (TPSA) is 140 Å². The molecule has 3 N–H and O–H groups in total. The molecule has 0 radical (unpaired) electrons. The number of anilines is 1. The van der Waals surface area contributed by atoms with Crippen molar-refractivity contribution in [1.29, 1.82) is 0 Å². The molecule has 3 saturated carbocycles. The Balaban J connectivity index is 0.00000234. The highest BCUT2D eigenvalue weighted by Crippen LogP contribution is 2.93. The average Bonchev–Trinajstić information content (AvgIpc) is 3.96. The second kappa shape index (κ2) is 13.4. The van der Waals surface area contributed by atoms with Gasteiger partial charge >= 0.3 is 0 Å². The number of carbonyl (C=O) groups is 1. The van der Waals surface area contributed by atoms with Crippen LogP contribution >= 0.6 is 36.4 Å². The average molecular weight is 763 g/mol. The molecule has 1 unspecified atom stereocenters. The van der Waals surface area contributed by atoms with E-state index < -0.39 is 33.4 Å². The van der Waals surface area contributed by atoms with E-state index in [1.807, 2.05) is 18.6 Å². The van der Waals surface area contributed by atoms with Crippen LogP contribution in [0.5, 0.6) is 5.88 Å². The van der Waals surface area contributed by atoms with Crippen molar-refractivity contribution in [1.82, 2.24) is 29.8 Å². The summed E-state index contributed by atoms with van der Waals surface area (Å²) in [6.07, 6.45) is 8.47. The number of nitrogens with one attached hydrogen (secondary N) is 3. The predicted octanol–water partition coefficient (Wildman–Crippen LogP) is 6.06. The smallest absolute Gasteiger partial charge is 0.281 e. The lowest BCUT2D eigenvalue weighted by Crippen LogP contribution is -2.32. The fourth-order valence-electron chi connectivity index (χ4n) is 7.91. The maximum atomic E-state index is 14.7. The van der Waals surface area contributed by atoms with Gasteiger partial charge in [0.05, 0.1) is 18.7 Å². The van der Waals surface area contributed by atoms with Gasteiger partial charge in [0.2, 0.25) is 5.88 Å². The van der Waals surface area contributed by atoms with Gasteiger partial charge in [0.1, 0.15) is 11.0 Å². The standard InChI is InChI=1S/C32H38ClF2N7O4S.2ClH/c1-29(2)16-20(18-37-29)17-32(34,35)19-36-23-4-3-5-26(38-23)47(44,45)41-28(43)21-6-7-24(39-27(21)33)42-14-8-25(40-42)46-15-9-22-30(10-11-30)31(22)12-13-31;;/h3-8,14,20,22,37H,9-13,15-19H2,1-2H3,(H,36,38)(H,41,43);2*1H. The second-order valence-corrected chi connectivity index (χ2v) is 16.1. The van der Waals surface area contributed by atoms with E-state index >= 15 is 0 Å². The summed E-state index contributed by atoms with van der Waals surface area (Å²) >= 11 is 6.29. The van der Waals surface area contributed by atoms with E-state index in [0.29, 0.717) is 42.1 Å².